The summed E-state index contributed by atoms with van der Waals surface area (Å²) in [6.07, 6.45) is 3.47. The molecule has 0 aliphatic carbocycles. The van der Waals surface area contributed by atoms with Gasteiger partial charge in [-0.1, -0.05) is 35.9 Å². The first-order valence-electron chi connectivity index (χ1n) is 8.73. The third kappa shape index (κ3) is 4.04. The molecule has 5 heteroatoms. The van der Waals surface area contributed by atoms with Gasteiger partial charge >= 0.3 is 0 Å². The molecule has 0 bridgehead atoms. The second kappa shape index (κ2) is 8.58. The summed E-state index contributed by atoms with van der Waals surface area (Å²) < 4.78 is 16.0. The van der Waals surface area contributed by atoms with E-state index in [1.807, 2.05) is 26.0 Å². The fourth-order valence-corrected chi connectivity index (χ4v) is 3.66. The lowest BCUT2D eigenvalue weighted by atomic mass is 10.0. The zero-order valence-corrected chi connectivity index (χ0v) is 17.3. The summed E-state index contributed by atoms with van der Waals surface area (Å²) in [5.41, 5.74) is 4.16. The Kier molecular flexibility index (Phi) is 6.70. The van der Waals surface area contributed by atoms with Gasteiger partial charge in [-0.3, -0.25) is 9.78 Å². The molecule has 0 spiro atoms. The molecule has 0 atom stereocenters. The van der Waals surface area contributed by atoms with E-state index in [0.29, 0.717) is 23.4 Å². The number of aryl methyl sites for hydroxylation is 4. The predicted octanol–water partition coefficient (Wildman–Crippen LogP) is 5.71. The highest BCUT2D eigenvalue weighted by atomic mass is 79.9. The van der Waals surface area contributed by atoms with Crippen LogP contribution in [0.4, 0.5) is 10.1 Å². The molecule has 0 unspecified atom stereocenters. The first-order chi connectivity index (χ1) is 12.3. The molecule has 138 valence electrons. The topological polar surface area (TPSA) is 42.0 Å². The van der Waals surface area contributed by atoms with Crippen molar-refractivity contribution in [3.05, 3.63) is 68.7 Å². The van der Waals surface area contributed by atoms with E-state index in [-0.39, 0.29) is 5.56 Å². The minimum absolute atomic E-state index is 0.000486. The van der Waals surface area contributed by atoms with Crippen molar-refractivity contribution in [2.24, 2.45) is 0 Å². The molecule has 1 aromatic heterocycles. The minimum atomic E-state index is -0.513. The van der Waals surface area contributed by atoms with Gasteiger partial charge in [0.05, 0.1) is 11.3 Å². The Morgan fingerprint density at radius 1 is 1.23 bits per heavy atom. The van der Waals surface area contributed by atoms with Crippen molar-refractivity contribution in [1.82, 2.24) is 4.98 Å². The van der Waals surface area contributed by atoms with Crippen LogP contribution in [-0.2, 0) is 19.3 Å². The number of hydrogen-bond acceptors (Lipinski definition) is 2. The number of rotatable bonds is 6. The molecule has 0 saturated heterocycles. The predicted molar refractivity (Wildman–Crippen MR) is 108 cm³/mol. The standard InChI is InChI=1S/C21H24BrFN2O/c1-6-9-17-12(4)24-13(5)18(19(17)23)21(26)25-20-14(7-2)10-16(22)11-15(20)8-3/h6,10-11H,1,7-9H2,2-5H3,(H,25,26). The Morgan fingerprint density at radius 3 is 2.31 bits per heavy atom. The Balaban J connectivity index is 2.52. The molecule has 0 aliphatic heterocycles. The smallest absolute Gasteiger partial charge is 0.260 e. The number of halogens is 2. The average Bonchev–Trinajstić information content (AvgIpc) is 2.59. The summed E-state index contributed by atoms with van der Waals surface area (Å²) in [5.74, 6) is -0.981. The fraction of sp³-hybridized carbons (Fsp3) is 0.333. The van der Waals surface area contributed by atoms with Crippen LogP contribution in [0, 0.1) is 19.7 Å². The Labute approximate surface area is 162 Å². The van der Waals surface area contributed by atoms with Gasteiger partial charge in [-0.05, 0) is 56.4 Å². The number of nitrogens with one attached hydrogen (secondary N) is 1. The highest BCUT2D eigenvalue weighted by Gasteiger charge is 2.22. The Bertz CT molecular complexity index is 837. The zero-order chi connectivity index (χ0) is 19.4. The van der Waals surface area contributed by atoms with Gasteiger partial charge in [0.2, 0.25) is 0 Å². The summed E-state index contributed by atoms with van der Waals surface area (Å²) in [4.78, 5) is 17.3. The van der Waals surface area contributed by atoms with Crippen LogP contribution in [0.1, 0.15) is 52.3 Å². The highest BCUT2D eigenvalue weighted by molar-refractivity contribution is 9.10. The van der Waals surface area contributed by atoms with Crippen molar-refractivity contribution in [1.29, 1.82) is 0 Å². The lowest BCUT2D eigenvalue weighted by Crippen LogP contribution is -2.20. The molecular formula is C21H24BrFN2O. The average molecular weight is 419 g/mol. The number of aromatic nitrogens is 1. The first-order valence-corrected chi connectivity index (χ1v) is 9.52. The molecular weight excluding hydrogens is 395 g/mol. The van der Waals surface area contributed by atoms with E-state index < -0.39 is 11.7 Å². The van der Waals surface area contributed by atoms with Crippen LogP contribution in [-0.4, -0.2) is 10.9 Å². The van der Waals surface area contributed by atoms with E-state index >= 15 is 4.39 Å². The van der Waals surface area contributed by atoms with Gasteiger partial charge in [0.1, 0.15) is 5.82 Å². The fourth-order valence-electron chi connectivity index (χ4n) is 3.11. The number of carbonyl (C=O) groups is 1. The van der Waals surface area contributed by atoms with Crippen molar-refractivity contribution in [2.45, 2.75) is 47.0 Å². The van der Waals surface area contributed by atoms with Crippen molar-refractivity contribution < 1.29 is 9.18 Å². The van der Waals surface area contributed by atoms with Crippen LogP contribution in [0.3, 0.4) is 0 Å². The molecule has 0 radical (unpaired) electrons. The van der Waals surface area contributed by atoms with Crippen LogP contribution < -0.4 is 5.32 Å². The number of benzene rings is 1. The van der Waals surface area contributed by atoms with E-state index in [2.05, 4.69) is 32.8 Å². The van der Waals surface area contributed by atoms with E-state index in [1.165, 1.54) is 0 Å². The molecule has 0 aliphatic rings. The van der Waals surface area contributed by atoms with E-state index in [1.54, 1.807) is 19.9 Å². The largest absolute Gasteiger partial charge is 0.321 e. The molecule has 1 heterocycles. The lowest BCUT2D eigenvalue weighted by Gasteiger charge is -2.17. The maximum Gasteiger partial charge on any atom is 0.260 e. The quantitative estimate of drug-likeness (QED) is 0.610. The summed E-state index contributed by atoms with van der Waals surface area (Å²) in [7, 11) is 0. The maximum absolute atomic E-state index is 15.0. The minimum Gasteiger partial charge on any atom is -0.321 e. The molecule has 1 aromatic carbocycles. The number of pyridine rings is 1. The molecule has 1 amide bonds. The van der Waals surface area contributed by atoms with Crippen LogP contribution >= 0.6 is 15.9 Å². The van der Waals surface area contributed by atoms with Crippen molar-refractivity contribution in [2.75, 3.05) is 5.32 Å². The second-order valence-corrected chi connectivity index (χ2v) is 7.12. The molecule has 3 nitrogen and oxygen atoms in total. The summed E-state index contributed by atoms with van der Waals surface area (Å²) in [5, 5.41) is 2.93. The second-order valence-electron chi connectivity index (χ2n) is 6.20. The third-order valence-electron chi connectivity index (χ3n) is 4.46. The molecule has 0 saturated carbocycles. The molecule has 2 aromatic rings. The summed E-state index contributed by atoms with van der Waals surface area (Å²) in [6, 6.07) is 3.96. The third-order valence-corrected chi connectivity index (χ3v) is 4.92. The highest BCUT2D eigenvalue weighted by Crippen LogP contribution is 2.29. The zero-order valence-electron chi connectivity index (χ0n) is 15.7. The van der Waals surface area contributed by atoms with Gasteiger partial charge in [0.25, 0.3) is 5.91 Å². The number of hydrogen-bond donors (Lipinski definition) is 1. The molecule has 26 heavy (non-hydrogen) atoms. The van der Waals surface area contributed by atoms with Crippen LogP contribution in [0.5, 0.6) is 0 Å². The van der Waals surface area contributed by atoms with Crippen LogP contribution in [0.2, 0.25) is 0 Å². The normalized spacial score (nSPS) is 10.7. The van der Waals surface area contributed by atoms with Gasteiger partial charge in [-0.15, -0.1) is 6.58 Å². The van der Waals surface area contributed by atoms with Crippen LogP contribution in [0.25, 0.3) is 0 Å². The van der Waals surface area contributed by atoms with E-state index in [4.69, 9.17) is 0 Å². The van der Waals surface area contributed by atoms with E-state index in [0.717, 1.165) is 34.1 Å². The maximum atomic E-state index is 15.0. The summed E-state index contributed by atoms with van der Waals surface area (Å²) >= 11 is 3.51. The van der Waals surface area contributed by atoms with E-state index in [9.17, 15) is 4.79 Å². The monoisotopic (exact) mass is 418 g/mol. The molecule has 0 fully saturated rings. The van der Waals surface area contributed by atoms with Gasteiger partial charge < -0.3 is 5.32 Å². The molecule has 2 rings (SSSR count). The van der Waals surface area contributed by atoms with Gasteiger partial charge in [0, 0.05) is 21.4 Å². The van der Waals surface area contributed by atoms with Gasteiger partial charge in [0.15, 0.2) is 0 Å². The van der Waals surface area contributed by atoms with Crippen molar-refractivity contribution >= 4 is 27.5 Å². The Morgan fingerprint density at radius 2 is 1.81 bits per heavy atom. The lowest BCUT2D eigenvalue weighted by molar-refractivity contribution is 0.102. The number of anilines is 1. The number of nitrogens with zero attached hydrogens (tertiary/aromatic N) is 1. The number of allylic oxidation sites excluding steroid dienone is 1. The SMILES string of the molecule is C=CCc1c(C)nc(C)c(C(=O)Nc2c(CC)cc(Br)cc2CC)c1F. The molecule has 1 N–H and O–H groups in total. The number of carbonyl (C=O) groups excluding carboxylic acids is 1. The van der Waals surface area contributed by atoms with Crippen molar-refractivity contribution in [3.63, 3.8) is 0 Å². The van der Waals surface area contributed by atoms with Crippen LogP contribution in [0.15, 0.2) is 29.3 Å². The Hall–Kier alpha value is -2.01. The van der Waals surface area contributed by atoms with Gasteiger partial charge in [-0.2, -0.15) is 0 Å². The number of amides is 1. The first kappa shape index (κ1) is 20.3. The van der Waals surface area contributed by atoms with Gasteiger partial charge in [-0.25, -0.2) is 4.39 Å². The summed E-state index contributed by atoms with van der Waals surface area (Å²) in [6.45, 7) is 11.1. The van der Waals surface area contributed by atoms with Crippen molar-refractivity contribution in [3.8, 4) is 0 Å².